The Balaban J connectivity index is 2.02. The first-order valence-corrected chi connectivity index (χ1v) is 6.14. The van der Waals surface area contributed by atoms with Crippen molar-refractivity contribution < 1.29 is 4.79 Å². The molecule has 1 amide bonds. The van der Waals surface area contributed by atoms with Crippen LogP contribution in [-0.2, 0) is 4.79 Å². The molecule has 0 spiro atoms. The van der Waals surface area contributed by atoms with Crippen molar-refractivity contribution >= 4 is 5.91 Å². The van der Waals surface area contributed by atoms with E-state index in [-0.39, 0.29) is 5.92 Å². The third kappa shape index (κ3) is 2.17. The molecule has 3 heteroatoms. The number of rotatable bonds is 2. The van der Waals surface area contributed by atoms with Gasteiger partial charge in [0.05, 0.1) is 0 Å². The van der Waals surface area contributed by atoms with E-state index >= 15 is 0 Å². The molecular formula is C12H22N2O. The standard InChI is InChI=1S/C12H22N2O/c1-8-6-13-7-9(2)14(8)12(15)10(3)11-4-5-11/h8-11,13H,4-7H2,1-3H3. The Morgan fingerprint density at radius 3 is 2.27 bits per heavy atom. The van der Waals surface area contributed by atoms with E-state index in [0.717, 1.165) is 13.1 Å². The molecule has 0 radical (unpaired) electrons. The molecule has 0 bridgehead atoms. The summed E-state index contributed by atoms with van der Waals surface area (Å²) >= 11 is 0. The summed E-state index contributed by atoms with van der Waals surface area (Å²) in [6, 6.07) is 0.699. The molecule has 0 aromatic carbocycles. The topological polar surface area (TPSA) is 32.3 Å². The van der Waals surface area contributed by atoms with Gasteiger partial charge in [0.15, 0.2) is 0 Å². The summed E-state index contributed by atoms with van der Waals surface area (Å²) in [6.45, 7) is 8.25. The first-order valence-electron chi connectivity index (χ1n) is 6.14. The summed E-state index contributed by atoms with van der Waals surface area (Å²) in [7, 11) is 0. The van der Waals surface area contributed by atoms with Crippen molar-refractivity contribution in [3.63, 3.8) is 0 Å². The number of piperazine rings is 1. The van der Waals surface area contributed by atoms with Gasteiger partial charge in [-0.15, -0.1) is 0 Å². The van der Waals surface area contributed by atoms with E-state index < -0.39 is 0 Å². The molecule has 1 aliphatic carbocycles. The molecule has 3 unspecified atom stereocenters. The van der Waals surface area contributed by atoms with Crippen molar-refractivity contribution in [1.82, 2.24) is 10.2 Å². The number of carbonyl (C=O) groups is 1. The van der Waals surface area contributed by atoms with Crippen LogP contribution in [0.5, 0.6) is 0 Å². The summed E-state index contributed by atoms with van der Waals surface area (Å²) in [5.41, 5.74) is 0. The zero-order valence-corrected chi connectivity index (χ0v) is 9.99. The molecule has 1 N–H and O–H groups in total. The van der Waals surface area contributed by atoms with Crippen molar-refractivity contribution in [1.29, 1.82) is 0 Å². The summed E-state index contributed by atoms with van der Waals surface area (Å²) in [5, 5.41) is 3.36. The fraction of sp³-hybridized carbons (Fsp3) is 0.917. The van der Waals surface area contributed by atoms with Gasteiger partial charge in [-0.1, -0.05) is 6.92 Å². The number of hydrogen-bond acceptors (Lipinski definition) is 2. The van der Waals surface area contributed by atoms with E-state index in [0.29, 0.717) is 23.9 Å². The van der Waals surface area contributed by atoms with Crippen LogP contribution in [0.15, 0.2) is 0 Å². The van der Waals surface area contributed by atoms with E-state index in [4.69, 9.17) is 0 Å². The van der Waals surface area contributed by atoms with Crippen LogP contribution in [0, 0.1) is 11.8 Å². The van der Waals surface area contributed by atoms with Crippen LogP contribution < -0.4 is 5.32 Å². The Hall–Kier alpha value is -0.570. The van der Waals surface area contributed by atoms with Crippen LogP contribution in [0.3, 0.4) is 0 Å². The van der Waals surface area contributed by atoms with Crippen molar-refractivity contribution in [3.8, 4) is 0 Å². The van der Waals surface area contributed by atoms with Crippen LogP contribution >= 0.6 is 0 Å². The molecule has 0 aromatic rings. The molecule has 1 saturated heterocycles. The molecule has 1 saturated carbocycles. The Morgan fingerprint density at radius 1 is 1.27 bits per heavy atom. The van der Waals surface area contributed by atoms with Gasteiger partial charge in [-0.25, -0.2) is 0 Å². The summed E-state index contributed by atoms with van der Waals surface area (Å²) in [4.78, 5) is 14.4. The molecule has 86 valence electrons. The Bertz CT molecular complexity index is 240. The van der Waals surface area contributed by atoms with E-state index in [1.54, 1.807) is 0 Å². The van der Waals surface area contributed by atoms with Gasteiger partial charge >= 0.3 is 0 Å². The molecule has 0 aromatic heterocycles. The minimum atomic E-state index is 0.244. The SMILES string of the molecule is CC(C(=O)N1C(C)CNCC1C)C1CC1. The minimum absolute atomic E-state index is 0.244. The highest BCUT2D eigenvalue weighted by atomic mass is 16.2. The zero-order valence-electron chi connectivity index (χ0n) is 9.99. The van der Waals surface area contributed by atoms with E-state index in [1.807, 2.05) is 0 Å². The largest absolute Gasteiger partial charge is 0.334 e. The predicted molar refractivity (Wildman–Crippen MR) is 60.5 cm³/mol. The third-order valence-corrected chi connectivity index (χ3v) is 3.80. The second kappa shape index (κ2) is 4.12. The number of amides is 1. The first kappa shape index (κ1) is 10.9. The summed E-state index contributed by atoms with van der Waals surface area (Å²) in [6.07, 6.45) is 2.50. The van der Waals surface area contributed by atoms with Gasteiger partial charge in [-0.05, 0) is 32.6 Å². The van der Waals surface area contributed by atoms with Crippen LogP contribution in [-0.4, -0.2) is 36.0 Å². The van der Waals surface area contributed by atoms with Crippen molar-refractivity contribution in [3.05, 3.63) is 0 Å². The molecule has 2 rings (SSSR count). The molecule has 15 heavy (non-hydrogen) atoms. The van der Waals surface area contributed by atoms with Crippen LogP contribution in [0.2, 0.25) is 0 Å². The molecule has 2 aliphatic rings. The number of nitrogens with one attached hydrogen (secondary N) is 1. The van der Waals surface area contributed by atoms with E-state index in [9.17, 15) is 4.79 Å². The van der Waals surface area contributed by atoms with Crippen molar-refractivity contribution in [2.45, 2.75) is 45.7 Å². The number of carbonyl (C=O) groups excluding carboxylic acids is 1. The molecule has 1 aliphatic heterocycles. The lowest BCUT2D eigenvalue weighted by atomic mass is 10.0. The number of nitrogens with zero attached hydrogens (tertiary/aromatic N) is 1. The lowest BCUT2D eigenvalue weighted by Crippen LogP contribution is -2.58. The minimum Gasteiger partial charge on any atom is -0.334 e. The fourth-order valence-corrected chi connectivity index (χ4v) is 2.60. The maximum atomic E-state index is 12.3. The van der Waals surface area contributed by atoms with Crippen LogP contribution in [0.25, 0.3) is 0 Å². The van der Waals surface area contributed by atoms with E-state index in [2.05, 4.69) is 31.0 Å². The molecular weight excluding hydrogens is 188 g/mol. The summed E-state index contributed by atoms with van der Waals surface area (Å²) in [5.74, 6) is 1.29. The highest BCUT2D eigenvalue weighted by Crippen LogP contribution is 2.38. The van der Waals surface area contributed by atoms with Gasteiger partial charge in [0.25, 0.3) is 0 Å². The van der Waals surface area contributed by atoms with Gasteiger partial charge in [0.2, 0.25) is 5.91 Å². The van der Waals surface area contributed by atoms with Crippen LogP contribution in [0.1, 0.15) is 33.6 Å². The Labute approximate surface area is 92.2 Å². The predicted octanol–water partition coefficient (Wildman–Crippen LogP) is 1.24. The number of hydrogen-bond donors (Lipinski definition) is 1. The lowest BCUT2D eigenvalue weighted by Gasteiger charge is -2.41. The second-order valence-corrected chi connectivity index (χ2v) is 5.23. The summed E-state index contributed by atoms with van der Waals surface area (Å²) < 4.78 is 0. The molecule has 2 fully saturated rings. The van der Waals surface area contributed by atoms with Gasteiger partial charge in [-0.3, -0.25) is 4.79 Å². The third-order valence-electron chi connectivity index (χ3n) is 3.80. The van der Waals surface area contributed by atoms with E-state index in [1.165, 1.54) is 12.8 Å². The Morgan fingerprint density at radius 2 is 1.80 bits per heavy atom. The fourth-order valence-electron chi connectivity index (χ4n) is 2.60. The smallest absolute Gasteiger partial charge is 0.226 e. The Kier molecular flexibility index (Phi) is 3.01. The average molecular weight is 210 g/mol. The van der Waals surface area contributed by atoms with Crippen molar-refractivity contribution in [2.75, 3.05) is 13.1 Å². The van der Waals surface area contributed by atoms with Gasteiger partial charge in [-0.2, -0.15) is 0 Å². The second-order valence-electron chi connectivity index (χ2n) is 5.23. The first-order chi connectivity index (χ1) is 7.11. The maximum absolute atomic E-state index is 12.3. The quantitative estimate of drug-likeness (QED) is 0.744. The molecule has 3 atom stereocenters. The van der Waals surface area contributed by atoms with Crippen LogP contribution in [0.4, 0.5) is 0 Å². The lowest BCUT2D eigenvalue weighted by molar-refractivity contribution is -0.141. The zero-order chi connectivity index (χ0) is 11.0. The maximum Gasteiger partial charge on any atom is 0.226 e. The van der Waals surface area contributed by atoms with Gasteiger partial charge < -0.3 is 10.2 Å². The highest BCUT2D eigenvalue weighted by Gasteiger charge is 2.38. The molecule has 3 nitrogen and oxygen atoms in total. The van der Waals surface area contributed by atoms with Crippen molar-refractivity contribution in [2.24, 2.45) is 11.8 Å². The highest BCUT2D eigenvalue weighted by molar-refractivity contribution is 5.80. The van der Waals surface area contributed by atoms with Gasteiger partial charge in [0, 0.05) is 31.1 Å². The average Bonchev–Trinajstić information content (AvgIpc) is 2.99. The monoisotopic (exact) mass is 210 g/mol. The van der Waals surface area contributed by atoms with Gasteiger partial charge in [0.1, 0.15) is 0 Å². The normalized spacial score (nSPS) is 33.9. The molecule has 1 heterocycles.